The first-order chi connectivity index (χ1) is 6.99. The molecular weight excluding hydrogens is 210 g/mol. The van der Waals surface area contributed by atoms with Crippen LogP contribution in [0.15, 0.2) is 11.0 Å². The molecule has 0 aliphatic rings. The molecule has 82 valence electrons. The zero-order valence-electron chi connectivity index (χ0n) is 7.71. The predicted octanol–water partition coefficient (Wildman–Crippen LogP) is 0.681. The standard InChI is InChI=1S/C8H8F2N2O3/c1-15-8(14)4-3(6(9)10)2-12-7(13)5(4)11/h2,6H,11H2,1H3,(H,12,13). The first-order valence-electron chi connectivity index (χ1n) is 3.86. The van der Waals surface area contributed by atoms with E-state index in [1.807, 2.05) is 4.98 Å². The number of ether oxygens (including phenoxy) is 1. The van der Waals surface area contributed by atoms with Crippen LogP contribution in [0.3, 0.4) is 0 Å². The second kappa shape index (κ2) is 4.07. The van der Waals surface area contributed by atoms with Gasteiger partial charge in [-0.2, -0.15) is 0 Å². The lowest BCUT2D eigenvalue weighted by atomic mass is 10.1. The maximum absolute atomic E-state index is 12.5. The maximum atomic E-state index is 12.5. The highest BCUT2D eigenvalue weighted by Gasteiger charge is 2.23. The summed E-state index contributed by atoms with van der Waals surface area (Å²) in [5, 5.41) is 0. The Hall–Kier alpha value is -1.92. The molecule has 0 atom stereocenters. The van der Waals surface area contributed by atoms with Gasteiger partial charge < -0.3 is 15.5 Å². The predicted molar refractivity (Wildman–Crippen MR) is 47.8 cm³/mol. The lowest BCUT2D eigenvalue weighted by Gasteiger charge is -2.08. The van der Waals surface area contributed by atoms with Gasteiger partial charge in [-0.05, 0) is 0 Å². The summed E-state index contributed by atoms with van der Waals surface area (Å²) in [4.78, 5) is 24.1. The second-order valence-electron chi connectivity index (χ2n) is 2.65. The average Bonchev–Trinajstić information content (AvgIpc) is 2.20. The van der Waals surface area contributed by atoms with Crippen LogP contribution >= 0.6 is 0 Å². The number of aromatic amines is 1. The highest BCUT2D eigenvalue weighted by atomic mass is 19.3. The van der Waals surface area contributed by atoms with Crippen molar-refractivity contribution in [2.75, 3.05) is 12.8 Å². The molecule has 0 aliphatic heterocycles. The summed E-state index contributed by atoms with van der Waals surface area (Å²) in [6.45, 7) is 0. The number of nitrogens with one attached hydrogen (secondary N) is 1. The van der Waals surface area contributed by atoms with Gasteiger partial charge in [-0.1, -0.05) is 0 Å². The summed E-state index contributed by atoms with van der Waals surface area (Å²) in [6.07, 6.45) is -2.17. The molecule has 0 spiro atoms. The van der Waals surface area contributed by atoms with E-state index in [1.165, 1.54) is 0 Å². The van der Waals surface area contributed by atoms with Crippen molar-refractivity contribution < 1.29 is 18.3 Å². The summed E-state index contributed by atoms with van der Waals surface area (Å²) in [5.41, 5.74) is 2.60. The SMILES string of the molecule is COC(=O)c1c(C(F)F)c[nH]c(=O)c1N. The van der Waals surface area contributed by atoms with Crippen molar-refractivity contribution >= 4 is 11.7 Å². The third-order valence-corrected chi connectivity index (χ3v) is 1.79. The van der Waals surface area contributed by atoms with E-state index in [4.69, 9.17) is 5.73 Å². The van der Waals surface area contributed by atoms with Gasteiger partial charge in [0, 0.05) is 6.20 Å². The molecule has 0 saturated carbocycles. The van der Waals surface area contributed by atoms with Crippen molar-refractivity contribution in [3.05, 3.63) is 27.7 Å². The molecule has 0 aromatic carbocycles. The number of carbonyl (C=O) groups excluding carboxylic acids is 1. The Morgan fingerprint density at radius 3 is 2.67 bits per heavy atom. The fraction of sp³-hybridized carbons (Fsp3) is 0.250. The number of methoxy groups -OCH3 is 1. The number of esters is 1. The Morgan fingerprint density at radius 1 is 1.60 bits per heavy atom. The first-order valence-corrected chi connectivity index (χ1v) is 3.86. The molecule has 3 N–H and O–H groups in total. The Balaban J connectivity index is 3.48. The molecule has 1 aromatic heterocycles. The van der Waals surface area contributed by atoms with E-state index in [9.17, 15) is 18.4 Å². The topological polar surface area (TPSA) is 85.2 Å². The number of nitrogen functional groups attached to an aromatic ring is 1. The number of hydrogen-bond donors (Lipinski definition) is 2. The maximum Gasteiger partial charge on any atom is 0.340 e. The molecule has 1 aromatic rings. The van der Waals surface area contributed by atoms with Gasteiger partial charge in [-0.3, -0.25) is 4.79 Å². The van der Waals surface area contributed by atoms with E-state index >= 15 is 0 Å². The van der Waals surface area contributed by atoms with E-state index in [0.29, 0.717) is 0 Å². The number of H-pyrrole nitrogens is 1. The lowest BCUT2D eigenvalue weighted by Crippen LogP contribution is -2.20. The number of hydrogen-bond acceptors (Lipinski definition) is 4. The molecule has 0 amide bonds. The minimum Gasteiger partial charge on any atom is -0.465 e. The minimum absolute atomic E-state index is 0.570. The molecule has 0 radical (unpaired) electrons. The Morgan fingerprint density at radius 2 is 2.20 bits per heavy atom. The number of anilines is 1. The van der Waals surface area contributed by atoms with Gasteiger partial charge in [0.15, 0.2) is 0 Å². The molecule has 0 bridgehead atoms. The first kappa shape index (κ1) is 11.2. The number of rotatable bonds is 2. The summed E-state index contributed by atoms with van der Waals surface area (Å²) in [6, 6.07) is 0. The molecule has 0 aliphatic carbocycles. The van der Waals surface area contributed by atoms with Gasteiger partial charge in [0.1, 0.15) is 5.69 Å². The van der Waals surface area contributed by atoms with Crippen LogP contribution in [0, 0.1) is 0 Å². The van der Waals surface area contributed by atoms with Crippen LogP contribution in [-0.4, -0.2) is 18.1 Å². The van der Waals surface area contributed by atoms with Crippen molar-refractivity contribution in [2.45, 2.75) is 6.43 Å². The van der Waals surface area contributed by atoms with Gasteiger partial charge in [-0.15, -0.1) is 0 Å². The lowest BCUT2D eigenvalue weighted by molar-refractivity contribution is 0.0590. The van der Waals surface area contributed by atoms with Crippen molar-refractivity contribution in [2.24, 2.45) is 0 Å². The second-order valence-corrected chi connectivity index (χ2v) is 2.65. The summed E-state index contributed by atoms with van der Waals surface area (Å²) >= 11 is 0. The molecule has 1 rings (SSSR count). The van der Waals surface area contributed by atoms with Crippen molar-refractivity contribution in [1.82, 2.24) is 4.98 Å². The van der Waals surface area contributed by atoms with Crippen LogP contribution in [0.25, 0.3) is 0 Å². The summed E-state index contributed by atoms with van der Waals surface area (Å²) < 4.78 is 29.2. The molecule has 0 saturated heterocycles. The average molecular weight is 218 g/mol. The van der Waals surface area contributed by atoms with Crippen LogP contribution < -0.4 is 11.3 Å². The van der Waals surface area contributed by atoms with E-state index < -0.39 is 34.8 Å². The van der Waals surface area contributed by atoms with Crippen molar-refractivity contribution in [1.29, 1.82) is 0 Å². The van der Waals surface area contributed by atoms with E-state index in [-0.39, 0.29) is 0 Å². The number of halogens is 2. The van der Waals surface area contributed by atoms with Crippen LogP contribution in [-0.2, 0) is 4.74 Å². The number of carbonyl (C=O) groups is 1. The third kappa shape index (κ3) is 1.95. The molecule has 7 heteroatoms. The van der Waals surface area contributed by atoms with Gasteiger partial charge in [0.25, 0.3) is 12.0 Å². The van der Waals surface area contributed by atoms with Crippen LogP contribution in [0.4, 0.5) is 14.5 Å². The molecule has 5 nitrogen and oxygen atoms in total. The summed E-state index contributed by atoms with van der Waals surface area (Å²) in [7, 11) is 1.01. The molecule has 1 heterocycles. The van der Waals surface area contributed by atoms with Crippen LogP contribution in [0.5, 0.6) is 0 Å². The fourth-order valence-corrected chi connectivity index (χ4v) is 1.06. The number of aromatic nitrogens is 1. The van der Waals surface area contributed by atoms with Crippen LogP contribution in [0.1, 0.15) is 22.3 Å². The normalized spacial score (nSPS) is 10.4. The smallest absolute Gasteiger partial charge is 0.340 e. The van der Waals surface area contributed by atoms with Crippen molar-refractivity contribution in [3.8, 4) is 0 Å². The Kier molecular flexibility index (Phi) is 3.03. The highest BCUT2D eigenvalue weighted by Crippen LogP contribution is 2.24. The summed E-state index contributed by atoms with van der Waals surface area (Å²) in [5.74, 6) is -1.06. The highest BCUT2D eigenvalue weighted by molar-refractivity contribution is 5.96. The molecule has 0 fully saturated rings. The Bertz CT molecular complexity index is 442. The number of nitrogens with two attached hydrogens (primary N) is 1. The zero-order valence-corrected chi connectivity index (χ0v) is 7.71. The van der Waals surface area contributed by atoms with Gasteiger partial charge in [0.2, 0.25) is 0 Å². The molecule has 0 unspecified atom stereocenters. The third-order valence-electron chi connectivity index (χ3n) is 1.79. The molecule has 15 heavy (non-hydrogen) atoms. The Labute approximate surface area is 82.9 Å². The van der Waals surface area contributed by atoms with E-state index in [2.05, 4.69) is 4.74 Å². The van der Waals surface area contributed by atoms with Gasteiger partial charge in [0.05, 0.1) is 18.2 Å². The monoisotopic (exact) mass is 218 g/mol. The van der Waals surface area contributed by atoms with E-state index in [1.54, 1.807) is 0 Å². The zero-order chi connectivity index (χ0) is 11.6. The van der Waals surface area contributed by atoms with Crippen LogP contribution in [0.2, 0.25) is 0 Å². The largest absolute Gasteiger partial charge is 0.465 e. The van der Waals surface area contributed by atoms with Gasteiger partial charge >= 0.3 is 5.97 Å². The molecular formula is C8H8F2N2O3. The minimum atomic E-state index is -2.92. The van der Waals surface area contributed by atoms with Gasteiger partial charge in [-0.25, -0.2) is 13.6 Å². The fourth-order valence-electron chi connectivity index (χ4n) is 1.06. The number of alkyl halides is 2. The number of pyridine rings is 1. The van der Waals surface area contributed by atoms with Crippen molar-refractivity contribution in [3.63, 3.8) is 0 Å². The van der Waals surface area contributed by atoms with E-state index in [0.717, 1.165) is 13.3 Å². The quantitative estimate of drug-likeness (QED) is 0.715.